The van der Waals surface area contributed by atoms with Crippen molar-refractivity contribution >= 4 is 0 Å². The van der Waals surface area contributed by atoms with E-state index in [-0.39, 0.29) is 12.4 Å². The number of halogens is 1. The lowest BCUT2D eigenvalue weighted by molar-refractivity contribution is -0.937. The second-order valence-electron chi connectivity index (χ2n) is 5.08. The van der Waals surface area contributed by atoms with Gasteiger partial charge in [0.1, 0.15) is 6.04 Å². The molecule has 1 aliphatic rings. The maximum Gasteiger partial charge on any atom is 0.133 e. The van der Waals surface area contributed by atoms with E-state index in [2.05, 4.69) is 50.0 Å². The maximum absolute atomic E-state index is 4.04. The van der Waals surface area contributed by atoms with E-state index in [1.165, 1.54) is 37.9 Å². The Labute approximate surface area is 111 Å². The average Bonchev–Trinajstić information content (AvgIpc) is 2.32. The van der Waals surface area contributed by atoms with Gasteiger partial charge in [0.2, 0.25) is 0 Å². The van der Waals surface area contributed by atoms with Crippen LogP contribution in [0.5, 0.6) is 0 Å². The Bertz CT molecular complexity index is 341. The van der Waals surface area contributed by atoms with Crippen LogP contribution in [-0.2, 0) is 0 Å². The highest BCUT2D eigenvalue weighted by atomic mass is 35.5. The van der Waals surface area contributed by atoms with Crippen LogP contribution in [0.1, 0.15) is 30.9 Å². The molecule has 0 saturated carbocycles. The van der Waals surface area contributed by atoms with Gasteiger partial charge in [0, 0.05) is 5.56 Å². The topological polar surface area (TPSA) is 0 Å². The van der Waals surface area contributed by atoms with Crippen LogP contribution < -0.4 is 12.4 Å². The van der Waals surface area contributed by atoms with E-state index in [1.54, 1.807) is 0 Å². The van der Waals surface area contributed by atoms with Crippen LogP contribution >= 0.6 is 0 Å². The molecule has 94 valence electrons. The molecule has 1 heterocycles. The Hall–Kier alpha value is -0.790. The van der Waals surface area contributed by atoms with Crippen LogP contribution in [0.25, 0.3) is 0 Å². The molecule has 0 spiro atoms. The van der Waals surface area contributed by atoms with Gasteiger partial charge in [0.05, 0.1) is 20.1 Å². The lowest BCUT2D eigenvalue weighted by atomic mass is 9.99. The summed E-state index contributed by atoms with van der Waals surface area (Å²) in [5, 5.41) is 0. The van der Waals surface area contributed by atoms with Gasteiger partial charge in [-0.25, -0.2) is 0 Å². The van der Waals surface area contributed by atoms with E-state index in [0.29, 0.717) is 6.04 Å². The van der Waals surface area contributed by atoms with Crippen molar-refractivity contribution in [3.63, 3.8) is 0 Å². The van der Waals surface area contributed by atoms with Gasteiger partial charge in [-0.3, -0.25) is 0 Å². The normalized spacial score (nSPS) is 20.1. The molecule has 1 fully saturated rings. The van der Waals surface area contributed by atoms with Crippen molar-refractivity contribution in [3.8, 4) is 0 Å². The zero-order valence-electron chi connectivity index (χ0n) is 10.6. The Balaban J connectivity index is 0.00000144. The first kappa shape index (κ1) is 14.3. The zero-order chi connectivity index (χ0) is 11.4. The first-order valence-corrected chi connectivity index (χ1v) is 6.28. The van der Waals surface area contributed by atoms with Gasteiger partial charge in [0.25, 0.3) is 0 Å². The molecular weight excluding hydrogens is 230 g/mol. The highest BCUT2D eigenvalue weighted by Crippen LogP contribution is 2.31. The van der Waals surface area contributed by atoms with E-state index >= 15 is 0 Å². The third-order valence-electron chi connectivity index (χ3n) is 3.87. The molecule has 1 aromatic carbocycles. The minimum Gasteiger partial charge on any atom is -1.00 e. The highest BCUT2D eigenvalue weighted by molar-refractivity contribution is 5.20. The second-order valence-corrected chi connectivity index (χ2v) is 5.08. The third kappa shape index (κ3) is 3.11. The molecule has 0 bridgehead atoms. The monoisotopic (exact) mass is 251 g/mol. The van der Waals surface area contributed by atoms with Crippen molar-refractivity contribution in [1.82, 2.24) is 0 Å². The fourth-order valence-electron chi connectivity index (χ4n) is 2.91. The van der Waals surface area contributed by atoms with Crippen LogP contribution in [0, 0.1) is 0 Å². The van der Waals surface area contributed by atoms with Crippen molar-refractivity contribution in [2.75, 3.05) is 20.1 Å². The van der Waals surface area contributed by atoms with Gasteiger partial charge in [-0.1, -0.05) is 36.9 Å². The number of piperidine rings is 1. The highest BCUT2D eigenvalue weighted by Gasteiger charge is 2.32. The Morgan fingerprint density at radius 3 is 2.24 bits per heavy atom. The van der Waals surface area contributed by atoms with Gasteiger partial charge in [-0.2, -0.15) is 0 Å². The molecule has 0 aliphatic carbocycles. The molecule has 0 amide bonds. The number of nitrogens with zero attached hydrogens (tertiary/aromatic N) is 1. The molecule has 1 atom stereocenters. The van der Waals surface area contributed by atoms with Gasteiger partial charge >= 0.3 is 0 Å². The number of benzene rings is 1. The number of hydrogen-bond donors (Lipinski definition) is 0. The largest absolute Gasteiger partial charge is 1.00 e. The number of likely N-dealkylation sites (N-methyl/N-ethyl adjacent to an activating group) is 1. The lowest BCUT2D eigenvalue weighted by Gasteiger charge is -2.43. The predicted octanol–water partition coefficient (Wildman–Crippen LogP) is 0.548. The van der Waals surface area contributed by atoms with Crippen molar-refractivity contribution in [2.24, 2.45) is 0 Å². The van der Waals surface area contributed by atoms with Crippen LogP contribution in [0.15, 0.2) is 43.0 Å². The summed E-state index contributed by atoms with van der Waals surface area (Å²) in [6.07, 6.45) is 6.23. The fraction of sp³-hybridized carbons (Fsp3) is 0.467. The Kier molecular flexibility index (Phi) is 5.23. The standard InChI is InChI=1S/C15H22N.ClH/c1-3-15(14-10-6-4-7-11-14)16(2)12-8-5-9-13-16;/h3-4,6-7,10-11,15H,1,5,8-9,12-13H2,2H3;1H/q+1;/p-1. The van der Waals surface area contributed by atoms with Crippen LogP contribution in [-0.4, -0.2) is 24.6 Å². The molecule has 1 nitrogen and oxygen atoms in total. The molecule has 0 aromatic heterocycles. The fourth-order valence-corrected chi connectivity index (χ4v) is 2.91. The molecule has 1 saturated heterocycles. The molecule has 1 aromatic rings. The summed E-state index contributed by atoms with van der Waals surface area (Å²) >= 11 is 0. The van der Waals surface area contributed by atoms with Gasteiger partial charge < -0.3 is 16.9 Å². The molecule has 17 heavy (non-hydrogen) atoms. The van der Waals surface area contributed by atoms with Gasteiger partial charge in [-0.05, 0) is 25.3 Å². The Morgan fingerprint density at radius 2 is 1.71 bits per heavy atom. The molecule has 1 unspecified atom stereocenters. The SMILES string of the molecule is C=CC(c1ccccc1)[N+]1(C)CCCCC1.[Cl-]. The van der Waals surface area contributed by atoms with E-state index in [1.807, 2.05) is 0 Å². The predicted molar refractivity (Wildman–Crippen MR) is 69.1 cm³/mol. The minimum absolute atomic E-state index is 0. The smallest absolute Gasteiger partial charge is 0.133 e. The van der Waals surface area contributed by atoms with Gasteiger partial charge in [0.15, 0.2) is 0 Å². The third-order valence-corrected chi connectivity index (χ3v) is 3.87. The molecule has 0 N–H and O–H groups in total. The van der Waals surface area contributed by atoms with Gasteiger partial charge in [-0.15, -0.1) is 0 Å². The van der Waals surface area contributed by atoms with E-state index in [9.17, 15) is 0 Å². The average molecular weight is 252 g/mol. The van der Waals surface area contributed by atoms with Crippen molar-refractivity contribution in [3.05, 3.63) is 48.6 Å². The summed E-state index contributed by atoms with van der Waals surface area (Å²) in [7, 11) is 2.37. The summed E-state index contributed by atoms with van der Waals surface area (Å²) in [4.78, 5) is 0. The molecule has 1 aliphatic heterocycles. The first-order chi connectivity index (χ1) is 7.76. The summed E-state index contributed by atoms with van der Waals surface area (Å²) in [6, 6.07) is 11.3. The van der Waals surface area contributed by atoms with E-state index in [4.69, 9.17) is 0 Å². The van der Waals surface area contributed by atoms with Crippen LogP contribution in [0.3, 0.4) is 0 Å². The Morgan fingerprint density at radius 1 is 1.12 bits per heavy atom. The molecule has 2 rings (SSSR count). The molecule has 0 radical (unpaired) electrons. The molecule has 2 heteroatoms. The summed E-state index contributed by atoms with van der Waals surface area (Å²) < 4.78 is 1.13. The van der Waals surface area contributed by atoms with Crippen LogP contribution in [0.4, 0.5) is 0 Å². The van der Waals surface area contributed by atoms with E-state index < -0.39 is 0 Å². The maximum atomic E-state index is 4.04. The summed E-state index contributed by atoms with van der Waals surface area (Å²) in [5.41, 5.74) is 1.40. The van der Waals surface area contributed by atoms with E-state index in [0.717, 1.165) is 4.48 Å². The molecular formula is C15H22ClN. The second kappa shape index (κ2) is 6.23. The lowest BCUT2D eigenvalue weighted by Crippen LogP contribution is -3.00. The van der Waals surface area contributed by atoms with Crippen molar-refractivity contribution in [1.29, 1.82) is 0 Å². The number of quaternary nitrogens is 1. The zero-order valence-corrected chi connectivity index (χ0v) is 11.4. The quantitative estimate of drug-likeness (QED) is 0.544. The number of hydrogen-bond acceptors (Lipinski definition) is 0. The number of likely N-dealkylation sites (tertiary alicyclic amines) is 1. The van der Waals surface area contributed by atoms with Crippen LogP contribution in [0.2, 0.25) is 0 Å². The summed E-state index contributed by atoms with van der Waals surface area (Å²) in [5.74, 6) is 0. The minimum atomic E-state index is 0. The van der Waals surface area contributed by atoms with Crippen molar-refractivity contribution in [2.45, 2.75) is 25.3 Å². The number of rotatable bonds is 3. The summed E-state index contributed by atoms with van der Waals surface area (Å²) in [6.45, 7) is 6.61. The van der Waals surface area contributed by atoms with Crippen molar-refractivity contribution < 1.29 is 16.9 Å². The first-order valence-electron chi connectivity index (χ1n) is 6.28.